The molecule has 0 radical (unpaired) electrons. The van der Waals surface area contributed by atoms with Crippen LogP contribution in [0.5, 0.6) is 0 Å². The Labute approximate surface area is 108 Å². The number of nitrogens with one attached hydrogen (secondary N) is 1. The molecule has 0 heterocycles. The van der Waals surface area contributed by atoms with E-state index in [-0.39, 0.29) is 12.6 Å². The first kappa shape index (κ1) is 16.9. The maximum atomic E-state index is 11.9. The Morgan fingerprint density at radius 3 is 2.56 bits per heavy atom. The maximum Gasteiger partial charge on any atom is 0.233 e. The summed E-state index contributed by atoms with van der Waals surface area (Å²) in [6, 6.07) is -0.495. The Hall–Kier alpha value is -1.14. The lowest BCUT2D eigenvalue weighted by atomic mass is 9.90. The lowest BCUT2D eigenvalue weighted by Gasteiger charge is -2.29. The van der Waals surface area contributed by atoms with Crippen LogP contribution in [-0.2, 0) is 9.59 Å². The van der Waals surface area contributed by atoms with Gasteiger partial charge in [-0.3, -0.25) is 14.8 Å². The van der Waals surface area contributed by atoms with E-state index in [1.165, 1.54) is 0 Å². The summed E-state index contributed by atoms with van der Waals surface area (Å²) in [5, 5.41) is 12.7. The first-order valence-electron chi connectivity index (χ1n) is 6.52. The maximum absolute atomic E-state index is 11.9. The van der Waals surface area contributed by atoms with Crippen LogP contribution in [0.3, 0.4) is 0 Å². The third-order valence-electron chi connectivity index (χ3n) is 3.06. The van der Waals surface area contributed by atoms with E-state index in [0.717, 1.165) is 19.3 Å². The zero-order valence-corrected chi connectivity index (χ0v) is 11.3. The van der Waals surface area contributed by atoms with Gasteiger partial charge < -0.3 is 11.1 Å². The van der Waals surface area contributed by atoms with Crippen LogP contribution < -0.4 is 11.1 Å². The lowest BCUT2D eigenvalue weighted by molar-refractivity contribution is -0.168. The van der Waals surface area contributed by atoms with Crippen molar-refractivity contribution >= 4 is 12.3 Å². The molecule has 0 rings (SSSR count). The van der Waals surface area contributed by atoms with Gasteiger partial charge in [-0.05, 0) is 12.8 Å². The molecule has 2 atom stereocenters. The monoisotopic (exact) mass is 259 g/mol. The van der Waals surface area contributed by atoms with E-state index >= 15 is 0 Å². The van der Waals surface area contributed by atoms with Gasteiger partial charge in [-0.25, -0.2) is 5.06 Å². The van der Waals surface area contributed by atoms with Gasteiger partial charge in [0, 0.05) is 0 Å². The topological polar surface area (TPSA) is 95.7 Å². The number of hydrogen-bond acceptors (Lipinski definition) is 4. The predicted octanol–water partition coefficient (Wildman–Crippen LogP) is 0.841. The smallest absolute Gasteiger partial charge is 0.233 e. The summed E-state index contributed by atoms with van der Waals surface area (Å²) >= 11 is 0. The molecule has 6 heteroatoms. The zero-order chi connectivity index (χ0) is 14.0. The van der Waals surface area contributed by atoms with Crippen molar-refractivity contribution in [2.75, 3.05) is 6.67 Å². The van der Waals surface area contributed by atoms with Crippen molar-refractivity contribution in [3.8, 4) is 0 Å². The summed E-state index contributed by atoms with van der Waals surface area (Å²) in [4.78, 5) is 22.6. The minimum absolute atomic E-state index is 0.0616. The third kappa shape index (κ3) is 5.46. The summed E-state index contributed by atoms with van der Waals surface area (Å²) in [5.41, 5.74) is 5.29. The van der Waals surface area contributed by atoms with Crippen molar-refractivity contribution < 1.29 is 14.8 Å². The van der Waals surface area contributed by atoms with E-state index < -0.39 is 12.0 Å². The highest BCUT2D eigenvalue weighted by Gasteiger charge is 2.30. The van der Waals surface area contributed by atoms with Gasteiger partial charge in [-0.15, -0.1) is 0 Å². The number of hydrogen-bond donors (Lipinski definition) is 3. The second-order valence-corrected chi connectivity index (χ2v) is 4.31. The Bertz CT molecular complexity index is 249. The van der Waals surface area contributed by atoms with Gasteiger partial charge in [-0.1, -0.05) is 33.1 Å². The summed E-state index contributed by atoms with van der Waals surface area (Å²) in [7, 11) is 0. The molecular formula is C12H25N3O3. The van der Waals surface area contributed by atoms with Crippen LogP contribution in [0.4, 0.5) is 0 Å². The molecule has 0 aliphatic carbocycles. The van der Waals surface area contributed by atoms with E-state index in [9.17, 15) is 14.8 Å². The SMILES string of the molecule is CCCCCC(C(=O)NCN)[C@@H](CC)N(O)C=O. The lowest BCUT2D eigenvalue weighted by Crippen LogP contribution is -2.46. The van der Waals surface area contributed by atoms with E-state index in [1.807, 2.05) is 6.92 Å². The largest absolute Gasteiger partial charge is 0.343 e. The van der Waals surface area contributed by atoms with Crippen LogP contribution in [-0.4, -0.2) is 35.3 Å². The number of amides is 2. The summed E-state index contributed by atoms with van der Waals surface area (Å²) in [6.07, 6.45) is 4.47. The highest BCUT2D eigenvalue weighted by Crippen LogP contribution is 2.20. The van der Waals surface area contributed by atoms with Crippen LogP contribution in [0.25, 0.3) is 0 Å². The fraction of sp³-hybridized carbons (Fsp3) is 0.833. The van der Waals surface area contributed by atoms with Gasteiger partial charge in [0.05, 0.1) is 18.6 Å². The Balaban J connectivity index is 4.68. The first-order valence-corrected chi connectivity index (χ1v) is 6.52. The van der Waals surface area contributed by atoms with Gasteiger partial charge in [0.1, 0.15) is 0 Å². The molecule has 18 heavy (non-hydrogen) atoms. The molecule has 0 aromatic rings. The summed E-state index contributed by atoms with van der Waals surface area (Å²) in [5.74, 6) is -0.623. The third-order valence-corrected chi connectivity index (χ3v) is 3.06. The average Bonchev–Trinajstić information content (AvgIpc) is 2.37. The van der Waals surface area contributed by atoms with Gasteiger partial charge in [0.25, 0.3) is 0 Å². The van der Waals surface area contributed by atoms with Gasteiger partial charge >= 0.3 is 0 Å². The predicted molar refractivity (Wildman–Crippen MR) is 68.6 cm³/mol. The molecule has 0 spiro atoms. The fourth-order valence-electron chi connectivity index (χ4n) is 2.08. The number of nitrogens with two attached hydrogens (primary N) is 1. The molecule has 0 saturated carbocycles. The van der Waals surface area contributed by atoms with Crippen LogP contribution in [0, 0.1) is 5.92 Å². The molecule has 0 fully saturated rings. The standard InChI is InChI=1S/C12H25N3O3/c1-3-5-6-7-10(12(17)14-8-13)11(4-2)15(18)9-16/h9-11,18H,3-8,13H2,1-2H3,(H,14,17)/t10?,11-/m1/s1. The summed E-state index contributed by atoms with van der Waals surface area (Å²) < 4.78 is 0. The number of rotatable bonds is 10. The minimum Gasteiger partial charge on any atom is -0.343 e. The quantitative estimate of drug-likeness (QED) is 0.178. The molecule has 4 N–H and O–H groups in total. The molecule has 0 bridgehead atoms. The highest BCUT2D eigenvalue weighted by atomic mass is 16.5. The van der Waals surface area contributed by atoms with Crippen LogP contribution in [0.15, 0.2) is 0 Å². The Morgan fingerprint density at radius 2 is 2.11 bits per heavy atom. The van der Waals surface area contributed by atoms with E-state index in [0.29, 0.717) is 24.3 Å². The average molecular weight is 259 g/mol. The Morgan fingerprint density at radius 1 is 1.44 bits per heavy atom. The van der Waals surface area contributed by atoms with Crippen LogP contribution in [0.2, 0.25) is 0 Å². The summed E-state index contributed by atoms with van der Waals surface area (Å²) in [6.45, 7) is 3.97. The number of nitrogens with zero attached hydrogens (tertiary/aromatic N) is 1. The molecule has 106 valence electrons. The molecule has 0 aromatic heterocycles. The normalized spacial score (nSPS) is 13.8. The molecule has 6 nitrogen and oxygen atoms in total. The second-order valence-electron chi connectivity index (χ2n) is 4.31. The van der Waals surface area contributed by atoms with Gasteiger partial charge in [0.2, 0.25) is 12.3 Å². The fourth-order valence-corrected chi connectivity index (χ4v) is 2.08. The minimum atomic E-state index is -0.495. The molecule has 2 amide bonds. The molecular weight excluding hydrogens is 234 g/mol. The van der Waals surface area contributed by atoms with Crippen molar-refractivity contribution in [3.05, 3.63) is 0 Å². The van der Waals surface area contributed by atoms with Gasteiger partial charge in [-0.2, -0.15) is 0 Å². The Kier molecular flexibility index (Phi) is 9.22. The first-order chi connectivity index (χ1) is 8.62. The van der Waals surface area contributed by atoms with Crippen molar-refractivity contribution in [2.24, 2.45) is 11.7 Å². The number of carbonyl (C=O) groups is 2. The molecule has 1 unspecified atom stereocenters. The zero-order valence-electron chi connectivity index (χ0n) is 11.3. The molecule has 0 saturated heterocycles. The van der Waals surface area contributed by atoms with Crippen LogP contribution in [0.1, 0.15) is 46.0 Å². The number of hydroxylamine groups is 2. The number of unbranched alkanes of at least 4 members (excludes halogenated alkanes) is 2. The highest BCUT2D eigenvalue weighted by molar-refractivity contribution is 5.79. The van der Waals surface area contributed by atoms with E-state index in [2.05, 4.69) is 12.2 Å². The van der Waals surface area contributed by atoms with E-state index in [1.54, 1.807) is 0 Å². The molecule has 0 aliphatic heterocycles. The van der Waals surface area contributed by atoms with Crippen molar-refractivity contribution in [1.82, 2.24) is 10.4 Å². The van der Waals surface area contributed by atoms with Crippen molar-refractivity contribution in [3.63, 3.8) is 0 Å². The van der Waals surface area contributed by atoms with Crippen LogP contribution >= 0.6 is 0 Å². The van der Waals surface area contributed by atoms with Gasteiger partial charge in [0.15, 0.2) is 0 Å². The molecule has 0 aliphatic rings. The van der Waals surface area contributed by atoms with Crippen molar-refractivity contribution in [2.45, 2.75) is 52.0 Å². The van der Waals surface area contributed by atoms with Crippen molar-refractivity contribution in [1.29, 1.82) is 0 Å². The number of carbonyl (C=O) groups excluding carboxylic acids is 2. The molecule has 0 aromatic carbocycles. The van der Waals surface area contributed by atoms with E-state index in [4.69, 9.17) is 5.73 Å². The second kappa shape index (κ2) is 9.85.